The van der Waals surface area contributed by atoms with E-state index in [1.54, 1.807) is 0 Å². The molecule has 0 spiro atoms. The monoisotopic (exact) mass is 568 g/mol. The minimum absolute atomic E-state index is 0.00483. The van der Waals surface area contributed by atoms with Crippen LogP contribution in [0.1, 0.15) is 40.7 Å². The lowest BCUT2D eigenvalue weighted by Gasteiger charge is -2.34. The SMILES string of the molecule is O=C(C1CC1c1ccc(C(F)(F)F)cc1)N1CCN(S(=O)(=O)c2cc(CF)cc(C(O)C(F)(F)F)c2)CC1. The second-order valence-corrected chi connectivity index (χ2v) is 11.2. The fourth-order valence-electron chi connectivity index (χ4n) is 4.55. The van der Waals surface area contributed by atoms with Crippen molar-refractivity contribution in [2.45, 2.75) is 42.4 Å². The molecule has 208 valence electrons. The molecule has 1 aliphatic heterocycles. The molecule has 14 heteroatoms. The average Bonchev–Trinajstić information content (AvgIpc) is 3.67. The highest BCUT2D eigenvalue weighted by Crippen LogP contribution is 2.49. The van der Waals surface area contributed by atoms with Crippen LogP contribution in [0.4, 0.5) is 30.7 Å². The highest BCUT2D eigenvalue weighted by Gasteiger charge is 2.47. The number of alkyl halides is 7. The third kappa shape index (κ3) is 5.81. The number of hydrogen-bond donors (Lipinski definition) is 1. The Bertz CT molecular complexity index is 1290. The molecule has 6 nitrogen and oxygen atoms in total. The molecule has 2 fully saturated rings. The first-order chi connectivity index (χ1) is 17.6. The average molecular weight is 569 g/mol. The number of aliphatic hydroxyl groups is 1. The number of nitrogens with zero attached hydrogens (tertiary/aromatic N) is 2. The first kappa shape index (κ1) is 28.3. The summed E-state index contributed by atoms with van der Waals surface area (Å²) in [5, 5.41) is 9.53. The Labute approximate surface area is 213 Å². The molecule has 3 atom stereocenters. The van der Waals surface area contributed by atoms with Crippen LogP contribution in [-0.2, 0) is 27.7 Å². The van der Waals surface area contributed by atoms with Crippen molar-refractivity contribution in [2.75, 3.05) is 26.2 Å². The lowest BCUT2D eigenvalue weighted by molar-refractivity contribution is -0.206. The van der Waals surface area contributed by atoms with Crippen LogP contribution in [0.2, 0.25) is 0 Å². The first-order valence-electron chi connectivity index (χ1n) is 11.5. The summed E-state index contributed by atoms with van der Waals surface area (Å²) in [6, 6.07) is 6.88. The van der Waals surface area contributed by atoms with E-state index < -0.39 is 57.1 Å². The number of rotatable bonds is 6. The zero-order valence-electron chi connectivity index (χ0n) is 19.6. The maximum absolute atomic E-state index is 13.3. The Morgan fingerprint density at radius 3 is 2.11 bits per heavy atom. The zero-order valence-corrected chi connectivity index (χ0v) is 20.5. The smallest absolute Gasteiger partial charge is 0.379 e. The van der Waals surface area contributed by atoms with Crippen LogP contribution < -0.4 is 0 Å². The van der Waals surface area contributed by atoms with Gasteiger partial charge in [0, 0.05) is 32.1 Å². The van der Waals surface area contributed by atoms with E-state index in [-0.39, 0.29) is 43.6 Å². The van der Waals surface area contributed by atoms with Crippen LogP contribution in [0.25, 0.3) is 0 Å². The number of benzene rings is 2. The van der Waals surface area contributed by atoms with Gasteiger partial charge in [-0.2, -0.15) is 30.6 Å². The number of amides is 1. The number of carbonyl (C=O) groups excluding carboxylic acids is 1. The molecule has 0 bridgehead atoms. The van der Waals surface area contributed by atoms with Gasteiger partial charge in [0.15, 0.2) is 6.10 Å². The van der Waals surface area contributed by atoms with E-state index in [0.717, 1.165) is 28.6 Å². The van der Waals surface area contributed by atoms with E-state index in [4.69, 9.17) is 0 Å². The molecule has 3 unspecified atom stereocenters. The van der Waals surface area contributed by atoms with Crippen molar-refractivity contribution >= 4 is 15.9 Å². The maximum Gasteiger partial charge on any atom is 0.418 e. The van der Waals surface area contributed by atoms with Gasteiger partial charge in [-0.3, -0.25) is 4.79 Å². The number of aliphatic hydroxyl groups excluding tert-OH is 1. The lowest BCUT2D eigenvalue weighted by Crippen LogP contribution is -2.51. The molecule has 0 aromatic heterocycles. The Morgan fingerprint density at radius 1 is 0.974 bits per heavy atom. The van der Waals surface area contributed by atoms with Gasteiger partial charge in [-0.25, -0.2) is 12.8 Å². The molecule has 1 N–H and O–H groups in total. The van der Waals surface area contributed by atoms with Crippen molar-refractivity contribution in [3.8, 4) is 0 Å². The van der Waals surface area contributed by atoms with Crippen molar-refractivity contribution in [3.63, 3.8) is 0 Å². The molecule has 1 saturated carbocycles. The van der Waals surface area contributed by atoms with Crippen LogP contribution in [0.3, 0.4) is 0 Å². The Kier molecular flexibility index (Phi) is 7.53. The van der Waals surface area contributed by atoms with E-state index in [0.29, 0.717) is 18.1 Å². The number of hydrogen-bond acceptors (Lipinski definition) is 4. The van der Waals surface area contributed by atoms with Gasteiger partial charge < -0.3 is 10.0 Å². The number of sulfonamides is 1. The lowest BCUT2D eigenvalue weighted by atomic mass is 10.1. The van der Waals surface area contributed by atoms with Gasteiger partial charge in [-0.15, -0.1) is 0 Å². The van der Waals surface area contributed by atoms with Crippen molar-refractivity contribution in [2.24, 2.45) is 5.92 Å². The molecule has 4 rings (SSSR count). The summed E-state index contributed by atoms with van der Waals surface area (Å²) in [4.78, 5) is 13.7. The standard InChI is InChI=1S/C24H23F7N2O4S/c25-13-14-9-16(21(34)24(29,30)31)11-18(10-14)38(36,37)33-7-5-32(6-8-33)22(35)20-12-19(20)15-1-3-17(4-2-15)23(26,27)28/h1-4,9-11,19-21,34H,5-8,12-13H2. The Balaban J connectivity index is 1.41. The Morgan fingerprint density at radius 2 is 1.58 bits per heavy atom. The molecule has 2 aliphatic rings. The molecule has 2 aromatic rings. The largest absolute Gasteiger partial charge is 0.418 e. The molecule has 38 heavy (non-hydrogen) atoms. The van der Waals surface area contributed by atoms with Crippen LogP contribution in [0.15, 0.2) is 47.4 Å². The topological polar surface area (TPSA) is 77.9 Å². The van der Waals surface area contributed by atoms with Crippen LogP contribution >= 0.6 is 0 Å². The highest BCUT2D eigenvalue weighted by molar-refractivity contribution is 7.89. The quantitative estimate of drug-likeness (QED) is 0.524. The third-order valence-electron chi connectivity index (χ3n) is 6.73. The summed E-state index contributed by atoms with van der Waals surface area (Å²) >= 11 is 0. The summed E-state index contributed by atoms with van der Waals surface area (Å²) in [5.41, 5.74) is -1.34. The minimum Gasteiger partial charge on any atom is -0.379 e. The zero-order chi connectivity index (χ0) is 28.0. The van der Waals surface area contributed by atoms with E-state index in [2.05, 4.69) is 0 Å². The second kappa shape index (κ2) is 10.1. The van der Waals surface area contributed by atoms with E-state index in [9.17, 15) is 49.1 Å². The minimum atomic E-state index is -5.08. The summed E-state index contributed by atoms with van der Waals surface area (Å²) in [6.45, 7) is -1.58. The van der Waals surface area contributed by atoms with Crippen LogP contribution in [0.5, 0.6) is 0 Å². The van der Waals surface area contributed by atoms with Gasteiger partial charge in [0.2, 0.25) is 15.9 Å². The third-order valence-corrected chi connectivity index (χ3v) is 8.61. The van der Waals surface area contributed by atoms with Crippen LogP contribution in [0, 0.1) is 5.92 Å². The van der Waals surface area contributed by atoms with Gasteiger partial charge >= 0.3 is 12.4 Å². The molecule has 1 aliphatic carbocycles. The van der Waals surface area contributed by atoms with E-state index >= 15 is 0 Å². The number of piperazine rings is 1. The van der Waals surface area contributed by atoms with Gasteiger partial charge in [0.25, 0.3) is 0 Å². The van der Waals surface area contributed by atoms with Gasteiger partial charge in [-0.1, -0.05) is 18.2 Å². The van der Waals surface area contributed by atoms with E-state index in [1.807, 2.05) is 0 Å². The van der Waals surface area contributed by atoms with Crippen molar-refractivity contribution < 1.29 is 49.1 Å². The number of carbonyl (C=O) groups is 1. The van der Waals surface area contributed by atoms with Crippen molar-refractivity contribution in [3.05, 3.63) is 64.7 Å². The first-order valence-corrected chi connectivity index (χ1v) is 13.0. The molecular weight excluding hydrogens is 545 g/mol. The predicted octanol–water partition coefficient (Wildman–Crippen LogP) is 4.41. The maximum atomic E-state index is 13.3. The second-order valence-electron chi connectivity index (χ2n) is 9.29. The summed E-state index contributed by atoms with van der Waals surface area (Å²) in [7, 11) is -4.36. The summed E-state index contributed by atoms with van der Waals surface area (Å²) in [6.07, 6.45) is -12.1. The van der Waals surface area contributed by atoms with E-state index in [1.165, 1.54) is 17.0 Å². The van der Waals surface area contributed by atoms with Gasteiger partial charge in [0.1, 0.15) is 6.67 Å². The molecule has 2 aromatic carbocycles. The molecular formula is C24H23F7N2O4S. The van der Waals surface area contributed by atoms with Crippen molar-refractivity contribution in [1.82, 2.24) is 9.21 Å². The summed E-state index contributed by atoms with van der Waals surface area (Å²) in [5.74, 6) is -0.946. The van der Waals surface area contributed by atoms with Crippen molar-refractivity contribution in [1.29, 1.82) is 0 Å². The highest BCUT2D eigenvalue weighted by atomic mass is 32.2. The van der Waals surface area contributed by atoms with Gasteiger partial charge in [-0.05, 0) is 53.3 Å². The van der Waals surface area contributed by atoms with Gasteiger partial charge in [0.05, 0.1) is 10.5 Å². The molecule has 1 saturated heterocycles. The number of halogens is 7. The summed E-state index contributed by atoms with van der Waals surface area (Å²) < 4.78 is 118. The molecule has 0 radical (unpaired) electrons. The normalized spacial score (nSPS) is 21.8. The van der Waals surface area contributed by atoms with Crippen LogP contribution in [-0.4, -0.2) is 61.0 Å². The fraction of sp³-hybridized carbons (Fsp3) is 0.458. The fourth-order valence-corrected chi connectivity index (χ4v) is 6.07. The molecule has 1 amide bonds. The molecule has 1 heterocycles. The Hall–Kier alpha value is -2.71. The predicted molar refractivity (Wildman–Crippen MR) is 120 cm³/mol.